The summed E-state index contributed by atoms with van der Waals surface area (Å²) >= 11 is 0. The van der Waals surface area contributed by atoms with E-state index in [0.29, 0.717) is 17.3 Å². The predicted octanol–water partition coefficient (Wildman–Crippen LogP) is 3.80. The molecule has 0 fully saturated rings. The van der Waals surface area contributed by atoms with E-state index in [4.69, 9.17) is 9.47 Å². The van der Waals surface area contributed by atoms with E-state index in [9.17, 15) is 13.5 Å². The molecule has 0 saturated carbocycles. The summed E-state index contributed by atoms with van der Waals surface area (Å²) in [5.74, 6) is 0.698. The Morgan fingerprint density at radius 2 is 1.62 bits per heavy atom. The SMILES string of the molecule is CC1(C)OCC(c2ccc3c(c2)C(C)(C)C(O)O3)=C1c1ccc(S(C)(=O)=O)cc1. The van der Waals surface area contributed by atoms with Crippen molar-refractivity contribution in [3.8, 4) is 5.75 Å². The number of sulfone groups is 1. The van der Waals surface area contributed by atoms with E-state index in [-0.39, 0.29) is 0 Å². The van der Waals surface area contributed by atoms with Crippen LogP contribution in [0.1, 0.15) is 44.4 Å². The summed E-state index contributed by atoms with van der Waals surface area (Å²) < 4.78 is 35.3. The van der Waals surface area contributed by atoms with Crippen LogP contribution in [0.2, 0.25) is 0 Å². The Morgan fingerprint density at radius 1 is 1.00 bits per heavy atom. The third-order valence-electron chi connectivity index (χ3n) is 5.93. The topological polar surface area (TPSA) is 72.8 Å². The van der Waals surface area contributed by atoms with E-state index in [2.05, 4.69) is 6.07 Å². The highest BCUT2D eigenvalue weighted by Crippen LogP contribution is 2.47. The van der Waals surface area contributed by atoms with E-state index in [0.717, 1.165) is 27.8 Å². The lowest BCUT2D eigenvalue weighted by atomic mass is 9.82. The summed E-state index contributed by atoms with van der Waals surface area (Å²) in [7, 11) is -3.25. The van der Waals surface area contributed by atoms with Crippen molar-refractivity contribution in [1.82, 2.24) is 0 Å². The molecular formula is C23H26O5S. The second-order valence-corrected chi connectivity index (χ2v) is 10.9. The minimum Gasteiger partial charge on any atom is -0.464 e. The first kappa shape index (κ1) is 20.1. The molecular weight excluding hydrogens is 388 g/mol. The monoisotopic (exact) mass is 414 g/mol. The van der Waals surface area contributed by atoms with Crippen LogP contribution in [0.3, 0.4) is 0 Å². The lowest BCUT2D eigenvalue weighted by molar-refractivity contribution is -0.0450. The normalized spacial score (nSPS) is 22.5. The van der Waals surface area contributed by atoms with Gasteiger partial charge in [-0.05, 0) is 74.2 Å². The first-order chi connectivity index (χ1) is 13.4. The molecule has 0 radical (unpaired) electrons. The molecule has 4 rings (SSSR count). The third-order valence-corrected chi connectivity index (χ3v) is 7.06. The van der Waals surface area contributed by atoms with Crippen LogP contribution in [0, 0.1) is 0 Å². The van der Waals surface area contributed by atoms with Gasteiger partial charge in [0, 0.05) is 11.8 Å². The molecule has 0 saturated heterocycles. The maximum Gasteiger partial charge on any atom is 0.206 e. The van der Waals surface area contributed by atoms with Gasteiger partial charge in [0.25, 0.3) is 0 Å². The van der Waals surface area contributed by atoms with Gasteiger partial charge < -0.3 is 14.6 Å². The molecule has 0 spiro atoms. The van der Waals surface area contributed by atoms with Gasteiger partial charge in [-0.3, -0.25) is 0 Å². The first-order valence-corrected chi connectivity index (χ1v) is 11.5. The number of ether oxygens (including phenoxy) is 2. The van der Waals surface area contributed by atoms with Crippen molar-refractivity contribution >= 4 is 21.0 Å². The molecule has 2 heterocycles. The number of rotatable bonds is 3. The minimum absolute atomic E-state index is 0.297. The summed E-state index contributed by atoms with van der Waals surface area (Å²) in [5, 5.41) is 10.2. The summed E-state index contributed by atoms with van der Waals surface area (Å²) in [6, 6.07) is 12.9. The van der Waals surface area contributed by atoms with Crippen molar-refractivity contribution in [2.75, 3.05) is 12.9 Å². The van der Waals surface area contributed by atoms with E-state index in [1.54, 1.807) is 12.1 Å². The van der Waals surface area contributed by atoms with Gasteiger partial charge in [0.15, 0.2) is 9.84 Å². The van der Waals surface area contributed by atoms with Crippen LogP contribution in [0.5, 0.6) is 5.75 Å². The zero-order valence-electron chi connectivity index (χ0n) is 17.3. The maximum absolute atomic E-state index is 11.8. The molecule has 0 amide bonds. The van der Waals surface area contributed by atoms with Crippen LogP contribution < -0.4 is 4.74 Å². The Kier molecular flexibility index (Phi) is 4.46. The van der Waals surface area contributed by atoms with Crippen LogP contribution >= 0.6 is 0 Å². The maximum atomic E-state index is 11.8. The molecule has 0 aliphatic carbocycles. The molecule has 0 aromatic heterocycles. The Hall–Kier alpha value is -2.15. The quantitative estimate of drug-likeness (QED) is 0.827. The predicted molar refractivity (Wildman–Crippen MR) is 112 cm³/mol. The van der Waals surface area contributed by atoms with Crippen LogP contribution in [0.4, 0.5) is 0 Å². The van der Waals surface area contributed by atoms with Gasteiger partial charge in [0.2, 0.25) is 6.29 Å². The van der Waals surface area contributed by atoms with Gasteiger partial charge in [-0.2, -0.15) is 0 Å². The molecule has 154 valence electrons. The van der Waals surface area contributed by atoms with E-state index in [1.807, 2.05) is 52.0 Å². The van der Waals surface area contributed by atoms with Gasteiger partial charge in [-0.1, -0.05) is 18.2 Å². The fourth-order valence-corrected chi connectivity index (χ4v) is 4.73. The smallest absolute Gasteiger partial charge is 0.206 e. The summed E-state index contributed by atoms with van der Waals surface area (Å²) in [5.41, 5.74) is 4.00. The van der Waals surface area contributed by atoms with Gasteiger partial charge in [0.1, 0.15) is 5.75 Å². The molecule has 2 aliphatic rings. The van der Waals surface area contributed by atoms with Gasteiger partial charge in [-0.25, -0.2) is 8.42 Å². The number of aliphatic hydroxyl groups excluding tert-OH is 1. The zero-order valence-corrected chi connectivity index (χ0v) is 18.1. The number of fused-ring (bicyclic) bond motifs is 1. The van der Waals surface area contributed by atoms with Crippen LogP contribution in [-0.4, -0.2) is 38.3 Å². The fourth-order valence-electron chi connectivity index (χ4n) is 4.10. The number of benzene rings is 2. The van der Waals surface area contributed by atoms with Gasteiger partial charge >= 0.3 is 0 Å². The van der Waals surface area contributed by atoms with Crippen molar-refractivity contribution in [3.63, 3.8) is 0 Å². The number of hydrogen-bond donors (Lipinski definition) is 1. The molecule has 1 atom stereocenters. The lowest BCUT2D eigenvalue weighted by Gasteiger charge is -2.23. The van der Waals surface area contributed by atoms with Crippen molar-refractivity contribution in [2.45, 2.75) is 49.9 Å². The molecule has 2 aromatic rings. The van der Waals surface area contributed by atoms with Crippen LogP contribution in [-0.2, 0) is 20.0 Å². The Morgan fingerprint density at radius 3 is 2.24 bits per heavy atom. The van der Waals surface area contributed by atoms with Crippen molar-refractivity contribution in [3.05, 3.63) is 59.2 Å². The van der Waals surface area contributed by atoms with Crippen molar-refractivity contribution in [1.29, 1.82) is 0 Å². The molecule has 29 heavy (non-hydrogen) atoms. The Bertz CT molecular complexity index is 1110. The average molecular weight is 415 g/mol. The standard InChI is InChI=1S/C23H26O5S/c1-22(2)18-12-15(8-11-19(18)28-21(22)24)17-13-27-23(3,4)20(17)14-6-9-16(10-7-14)29(5,25)26/h6-12,21,24H,13H2,1-5H3. The largest absolute Gasteiger partial charge is 0.464 e. The van der Waals surface area contributed by atoms with E-state index in [1.165, 1.54) is 6.26 Å². The second-order valence-electron chi connectivity index (χ2n) is 8.85. The second kappa shape index (κ2) is 6.42. The molecule has 2 aromatic carbocycles. The zero-order chi connectivity index (χ0) is 21.2. The Balaban J connectivity index is 1.85. The molecule has 0 bridgehead atoms. The highest BCUT2D eigenvalue weighted by molar-refractivity contribution is 7.90. The van der Waals surface area contributed by atoms with Crippen LogP contribution in [0.25, 0.3) is 11.1 Å². The van der Waals surface area contributed by atoms with E-state index >= 15 is 0 Å². The molecule has 2 aliphatic heterocycles. The van der Waals surface area contributed by atoms with E-state index < -0.39 is 27.1 Å². The molecule has 5 nitrogen and oxygen atoms in total. The third kappa shape index (κ3) is 3.29. The van der Waals surface area contributed by atoms with Gasteiger partial charge in [-0.15, -0.1) is 0 Å². The molecule has 1 N–H and O–H groups in total. The van der Waals surface area contributed by atoms with Crippen LogP contribution in [0.15, 0.2) is 47.4 Å². The molecule has 6 heteroatoms. The first-order valence-electron chi connectivity index (χ1n) is 9.59. The summed E-state index contributed by atoms with van der Waals surface area (Å²) in [6.07, 6.45) is 0.332. The Labute approximate surface area is 171 Å². The minimum atomic E-state index is -3.25. The highest BCUT2D eigenvalue weighted by atomic mass is 32.2. The average Bonchev–Trinajstić information content (AvgIpc) is 3.07. The summed E-state index contributed by atoms with van der Waals surface area (Å²) in [4.78, 5) is 0.297. The summed E-state index contributed by atoms with van der Waals surface area (Å²) in [6.45, 7) is 8.41. The van der Waals surface area contributed by atoms with Gasteiger partial charge in [0.05, 0.1) is 22.5 Å². The highest BCUT2D eigenvalue weighted by Gasteiger charge is 2.41. The fraction of sp³-hybridized carbons (Fsp3) is 0.391. The lowest BCUT2D eigenvalue weighted by Crippen LogP contribution is -2.31. The van der Waals surface area contributed by atoms with Crippen molar-refractivity contribution < 1.29 is 23.0 Å². The number of aliphatic hydroxyl groups is 1. The number of hydrogen-bond acceptors (Lipinski definition) is 5. The van der Waals surface area contributed by atoms with Crippen molar-refractivity contribution in [2.24, 2.45) is 0 Å². The molecule has 1 unspecified atom stereocenters.